The predicted molar refractivity (Wildman–Crippen MR) is 98.2 cm³/mol. The highest BCUT2D eigenvalue weighted by atomic mass is 16.2. The Bertz CT molecular complexity index is 603. The molecule has 4 heteroatoms. The van der Waals surface area contributed by atoms with E-state index in [-0.39, 0.29) is 5.92 Å². The van der Waals surface area contributed by atoms with Gasteiger partial charge in [-0.05, 0) is 56.6 Å². The second-order valence-electron chi connectivity index (χ2n) is 7.76. The van der Waals surface area contributed by atoms with E-state index in [0.717, 1.165) is 38.2 Å². The first-order valence-corrected chi connectivity index (χ1v) is 9.60. The molecule has 130 valence electrons. The van der Waals surface area contributed by atoms with Crippen molar-refractivity contribution in [3.8, 4) is 0 Å². The molecular formula is C20H29N3O. The first-order valence-electron chi connectivity index (χ1n) is 9.60. The molecule has 24 heavy (non-hydrogen) atoms. The fourth-order valence-electron chi connectivity index (χ4n) is 5.19. The molecule has 2 fully saturated rings. The van der Waals surface area contributed by atoms with E-state index in [0.29, 0.717) is 23.8 Å². The van der Waals surface area contributed by atoms with E-state index < -0.39 is 0 Å². The van der Waals surface area contributed by atoms with Crippen molar-refractivity contribution < 1.29 is 4.79 Å². The average molecular weight is 327 g/mol. The quantitative estimate of drug-likeness (QED) is 0.908. The molecule has 4 rings (SSSR count). The lowest BCUT2D eigenvalue weighted by molar-refractivity contribution is -0.125. The van der Waals surface area contributed by atoms with Gasteiger partial charge in [-0.1, -0.05) is 18.6 Å². The number of para-hydroxylation sites is 2. The van der Waals surface area contributed by atoms with Crippen LogP contribution in [0.25, 0.3) is 0 Å². The number of benzene rings is 1. The molecule has 2 atom stereocenters. The maximum absolute atomic E-state index is 13.3. The van der Waals surface area contributed by atoms with Crippen LogP contribution in [0.4, 0.5) is 11.4 Å². The lowest BCUT2D eigenvalue weighted by atomic mass is 9.65. The van der Waals surface area contributed by atoms with E-state index >= 15 is 0 Å². The van der Waals surface area contributed by atoms with Crippen molar-refractivity contribution in [2.75, 3.05) is 29.4 Å². The zero-order valence-electron chi connectivity index (χ0n) is 14.7. The summed E-state index contributed by atoms with van der Waals surface area (Å²) in [5, 5.41) is 0. The summed E-state index contributed by atoms with van der Waals surface area (Å²) in [7, 11) is 0. The number of hydrogen-bond donors (Lipinski definition) is 1. The van der Waals surface area contributed by atoms with Gasteiger partial charge in [0.2, 0.25) is 5.91 Å². The Hall–Kier alpha value is -1.55. The summed E-state index contributed by atoms with van der Waals surface area (Å²) in [4.78, 5) is 17.7. The molecule has 0 spiro atoms. The first kappa shape index (κ1) is 15.9. The smallest absolute Gasteiger partial charge is 0.230 e. The Morgan fingerprint density at radius 1 is 1.12 bits per heavy atom. The highest BCUT2D eigenvalue weighted by Gasteiger charge is 2.42. The predicted octanol–water partition coefficient (Wildman–Crippen LogP) is 3.01. The third kappa shape index (κ3) is 2.61. The minimum absolute atomic E-state index is 0.168. The van der Waals surface area contributed by atoms with Crippen LogP contribution < -0.4 is 15.5 Å². The van der Waals surface area contributed by atoms with Gasteiger partial charge in [0.15, 0.2) is 0 Å². The van der Waals surface area contributed by atoms with Gasteiger partial charge in [0.05, 0.1) is 11.4 Å². The fraction of sp³-hybridized carbons (Fsp3) is 0.650. The third-order valence-electron chi connectivity index (χ3n) is 6.52. The van der Waals surface area contributed by atoms with Crippen molar-refractivity contribution in [3.63, 3.8) is 0 Å². The van der Waals surface area contributed by atoms with Crippen LogP contribution in [0.15, 0.2) is 24.3 Å². The number of carbonyl (C=O) groups is 1. The minimum Gasteiger partial charge on any atom is -0.368 e. The van der Waals surface area contributed by atoms with Crippen molar-refractivity contribution >= 4 is 17.3 Å². The van der Waals surface area contributed by atoms with E-state index in [1.807, 2.05) is 6.07 Å². The van der Waals surface area contributed by atoms with Crippen molar-refractivity contribution in [1.82, 2.24) is 0 Å². The average Bonchev–Trinajstić information content (AvgIpc) is 2.60. The van der Waals surface area contributed by atoms with E-state index in [9.17, 15) is 4.79 Å². The second-order valence-corrected chi connectivity index (χ2v) is 7.76. The molecule has 0 aromatic heterocycles. The highest BCUT2D eigenvalue weighted by molar-refractivity contribution is 5.99. The largest absolute Gasteiger partial charge is 0.368 e. The van der Waals surface area contributed by atoms with Crippen LogP contribution in [-0.4, -0.2) is 31.6 Å². The zero-order valence-corrected chi connectivity index (χ0v) is 14.7. The Morgan fingerprint density at radius 2 is 1.79 bits per heavy atom. The number of fused-ring (bicyclic) bond motifs is 3. The van der Waals surface area contributed by atoms with E-state index in [1.165, 1.54) is 24.9 Å². The summed E-state index contributed by atoms with van der Waals surface area (Å²) in [5.41, 5.74) is 8.70. The molecule has 1 aromatic rings. The van der Waals surface area contributed by atoms with Crippen molar-refractivity contribution in [3.05, 3.63) is 24.3 Å². The molecule has 2 aliphatic carbocycles. The summed E-state index contributed by atoms with van der Waals surface area (Å²) in [6.07, 6.45) is 5.70. The Kier molecular flexibility index (Phi) is 4.25. The molecule has 3 aliphatic rings. The molecule has 2 saturated carbocycles. The fourth-order valence-corrected chi connectivity index (χ4v) is 5.19. The summed E-state index contributed by atoms with van der Waals surface area (Å²) in [6.45, 7) is 4.90. The van der Waals surface area contributed by atoms with E-state index in [4.69, 9.17) is 5.73 Å². The second kappa shape index (κ2) is 6.40. The highest BCUT2D eigenvalue weighted by Crippen LogP contribution is 2.43. The van der Waals surface area contributed by atoms with Crippen LogP contribution in [-0.2, 0) is 4.79 Å². The van der Waals surface area contributed by atoms with Gasteiger partial charge in [0, 0.05) is 31.6 Å². The number of nitrogens with zero attached hydrogens (tertiary/aromatic N) is 2. The summed E-state index contributed by atoms with van der Waals surface area (Å²) < 4.78 is 0. The van der Waals surface area contributed by atoms with Crippen molar-refractivity contribution in [2.24, 2.45) is 23.5 Å². The van der Waals surface area contributed by atoms with Gasteiger partial charge in [-0.25, -0.2) is 0 Å². The topological polar surface area (TPSA) is 49.6 Å². The van der Waals surface area contributed by atoms with Gasteiger partial charge in [-0.2, -0.15) is 0 Å². The maximum atomic E-state index is 13.3. The van der Waals surface area contributed by atoms with Crippen molar-refractivity contribution in [2.45, 2.75) is 45.1 Å². The Labute approximate surface area is 145 Å². The number of amides is 1. The number of anilines is 2. The number of carbonyl (C=O) groups excluding carboxylic acids is 1. The zero-order chi connectivity index (χ0) is 16.7. The minimum atomic E-state index is 0.168. The molecule has 4 nitrogen and oxygen atoms in total. The monoisotopic (exact) mass is 327 g/mol. The molecule has 0 saturated heterocycles. The maximum Gasteiger partial charge on any atom is 0.230 e. The van der Waals surface area contributed by atoms with Crippen LogP contribution >= 0.6 is 0 Å². The first-order chi connectivity index (χ1) is 11.7. The number of rotatable bonds is 2. The van der Waals surface area contributed by atoms with Crippen LogP contribution in [0.1, 0.15) is 39.0 Å². The van der Waals surface area contributed by atoms with Gasteiger partial charge >= 0.3 is 0 Å². The third-order valence-corrected chi connectivity index (χ3v) is 6.52. The van der Waals surface area contributed by atoms with Gasteiger partial charge in [0.25, 0.3) is 0 Å². The number of nitrogens with two attached hydrogens (primary N) is 1. The molecule has 1 aliphatic heterocycles. The molecular weight excluding hydrogens is 298 g/mol. The molecule has 2 N–H and O–H groups in total. The van der Waals surface area contributed by atoms with Crippen molar-refractivity contribution in [1.29, 1.82) is 0 Å². The Balaban J connectivity index is 1.57. The van der Waals surface area contributed by atoms with E-state index in [1.54, 1.807) is 0 Å². The van der Waals surface area contributed by atoms with Gasteiger partial charge in [0.1, 0.15) is 0 Å². The van der Waals surface area contributed by atoms with Gasteiger partial charge in [-0.15, -0.1) is 0 Å². The lowest BCUT2D eigenvalue weighted by Gasteiger charge is -2.45. The molecule has 2 unspecified atom stereocenters. The summed E-state index contributed by atoms with van der Waals surface area (Å²) >= 11 is 0. The summed E-state index contributed by atoms with van der Waals surface area (Å²) in [5.74, 6) is 1.61. The molecule has 0 radical (unpaired) electrons. The molecule has 2 bridgehead atoms. The lowest BCUT2D eigenvalue weighted by Crippen LogP contribution is -2.51. The van der Waals surface area contributed by atoms with E-state index in [2.05, 4.69) is 34.9 Å². The van der Waals surface area contributed by atoms with Gasteiger partial charge < -0.3 is 15.5 Å². The number of hydrogen-bond acceptors (Lipinski definition) is 3. The SMILES string of the molecule is CCN1CCN(C(=O)C2CC3CCCC(C2)C3N)c2ccccc21. The van der Waals surface area contributed by atoms with Crippen LogP contribution in [0.2, 0.25) is 0 Å². The Morgan fingerprint density at radius 3 is 2.46 bits per heavy atom. The van der Waals surface area contributed by atoms with Crippen LogP contribution in [0.5, 0.6) is 0 Å². The van der Waals surface area contributed by atoms with Gasteiger partial charge in [-0.3, -0.25) is 4.79 Å². The molecule has 1 heterocycles. The normalized spacial score (nSPS) is 32.4. The van der Waals surface area contributed by atoms with Crippen LogP contribution in [0, 0.1) is 17.8 Å². The standard InChI is InChI=1S/C20H29N3O/c1-2-22-10-11-23(18-9-4-3-8-17(18)22)20(24)16-12-14-6-5-7-15(13-16)19(14)21/h3-4,8-9,14-16,19H,2,5-7,10-13,21H2,1H3. The molecule has 1 amide bonds. The summed E-state index contributed by atoms with van der Waals surface area (Å²) in [6, 6.07) is 8.68. The molecule has 1 aromatic carbocycles. The number of likely N-dealkylation sites (N-methyl/N-ethyl adjacent to an activating group) is 1. The van der Waals surface area contributed by atoms with Crippen LogP contribution in [0.3, 0.4) is 0 Å².